The van der Waals surface area contributed by atoms with Crippen molar-refractivity contribution in [1.29, 1.82) is 0 Å². The number of aryl methyl sites for hydroxylation is 1. The lowest BCUT2D eigenvalue weighted by Gasteiger charge is -2.11. The fourth-order valence-corrected chi connectivity index (χ4v) is 4.35. The second-order valence-electron chi connectivity index (χ2n) is 8.02. The first-order chi connectivity index (χ1) is 17.1. The Balaban J connectivity index is 1.30. The molecule has 2 N–H and O–H groups in total. The van der Waals surface area contributed by atoms with E-state index in [1.54, 1.807) is 0 Å². The van der Waals surface area contributed by atoms with Gasteiger partial charge in [-0.25, -0.2) is 4.98 Å². The molecule has 4 aromatic rings. The number of hydrogen-bond acceptors (Lipinski definition) is 5. The van der Waals surface area contributed by atoms with Crippen molar-refractivity contribution in [3.63, 3.8) is 0 Å². The van der Waals surface area contributed by atoms with Crippen LogP contribution in [-0.2, 0) is 16.0 Å². The van der Waals surface area contributed by atoms with Gasteiger partial charge in [-0.05, 0) is 30.0 Å². The average molecular weight is 486 g/mol. The first-order valence-corrected chi connectivity index (χ1v) is 12.3. The Labute approximate surface area is 209 Å². The predicted octanol–water partition coefficient (Wildman–Crippen LogP) is 5.56. The van der Waals surface area contributed by atoms with Gasteiger partial charge in [-0.3, -0.25) is 14.9 Å². The third-order valence-electron chi connectivity index (χ3n) is 5.35. The van der Waals surface area contributed by atoms with Gasteiger partial charge < -0.3 is 10.1 Å². The molecule has 7 heteroatoms. The number of anilines is 1. The number of nitrogens with one attached hydrogen (secondary N) is 2. The SMILES string of the molecule is CC(=O)NCCCc1ccc(-c2csc(NC(=O)COc3ccccc3-c3ccccc3)n2)cc1. The minimum absolute atomic E-state index is 0.00432. The molecule has 35 heavy (non-hydrogen) atoms. The van der Waals surface area contributed by atoms with Gasteiger partial charge in [0.25, 0.3) is 5.91 Å². The lowest BCUT2D eigenvalue weighted by atomic mass is 10.1. The van der Waals surface area contributed by atoms with Crippen molar-refractivity contribution in [3.8, 4) is 28.1 Å². The molecule has 0 atom stereocenters. The zero-order valence-electron chi connectivity index (χ0n) is 19.5. The van der Waals surface area contributed by atoms with Crippen LogP contribution in [0, 0.1) is 0 Å². The van der Waals surface area contributed by atoms with Crippen LogP contribution in [0.25, 0.3) is 22.4 Å². The van der Waals surface area contributed by atoms with Gasteiger partial charge in [0.1, 0.15) is 5.75 Å². The molecule has 0 saturated heterocycles. The Bertz CT molecular complexity index is 1270. The summed E-state index contributed by atoms with van der Waals surface area (Å²) in [5.41, 5.74) is 4.98. The van der Waals surface area contributed by atoms with Crippen LogP contribution in [0.1, 0.15) is 18.9 Å². The zero-order valence-corrected chi connectivity index (χ0v) is 20.3. The molecular formula is C28H27N3O3S. The third kappa shape index (κ3) is 7.01. The van der Waals surface area contributed by atoms with Crippen LogP contribution in [-0.4, -0.2) is 29.9 Å². The van der Waals surface area contributed by atoms with E-state index >= 15 is 0 Å². The molecule has 0 aliphatic rings. The van der Waals surface area contributed by atoms with E-state index in [-0.39, 0.29) is 18.4 Å². The van der Waals surface area contributed by atoms with Crippen LogP contribution in [0.4, 0.5) is 5.13 Å². The van der Waals surface area contributed by atoms with Crippen molar-refractivity contribution in [2.45, 2.75) is 19.8 Å². The molecule has 0 saturated carbocycles. The van der Waals surface area contributed by atoms with E-state index < -0.39 is 0 Å². The Morgan fingerprint density at radius 3 is 2.43 bits per heavy atom. The summed E-state index contributed by atoms with van der Waals surface area (Å²) < 4.78 is 5.83. The summed E-state index contributed by atoms with van der Waals surface area (Å²) in [5, 5.41) is 8.09. The first-order valence-electron chi connectivity index (χ1n) is 11.4. The number of amides is 2. The molecule has 2 amide bonds. The average Bonchev–Trinajstić information content (AvgIpc) is 3.35. The number of rotatable bonds is 10. The van der Waals surface area contributed by atoms with E-state index in [4.69, 9.17) is 4.74 Å². The van der Waals surface area contributed by atoms with Crippen molar-refractivity contribution < 1.29 is 14.3 Å². The van der Waals surface area contributed by atoms with E-state index in [1.807, 2.05) is 72.1 Å². The largest absolute Gasteiger partial charge is 0.483 e. The molecule has 0 spiro atoms. The minimum atomic E-state index is -0.261. The molecule has 0 fully saturated rings. The second-order valence-corrected chi connectivity index (χ2v) is 8.88. The van der Waals surface area contributed by atoms with Crippen molar-refractivity contribution in [1.82, 2.24) is 10.3 Å². The van der Waals surface area contributed by atoms with Crippen molar-refractivity contribution in [2.75, 3.05) is 18.5 Å². The Morgan fingerprint density at radius 1 is 0.914 bits per heavy atom. The topological polar surface area (TPSA) is 80.3 Å². The normalized spacial score (nSPS) is 10.5. The fraction of sp³-hybridized carbons (Fsp3) is 0.179. The van der Waals surface area contributed by atoms with Crippen LogP contribution < -0.4 is 15.4 Å². The first kappa shape index (κ1) is 24.2. The second kappa shape index (κ2) is 11.9. The van der Waals surface area contributed by atoms with Crippen LogP contribution in [0.15, 0.2) is 84.2 Å². The summed E-state index contributed by atoms with van der Waals surface area (Å²) in [5.74, 6) is 0.393. The Hall–Kier alpha value is -3.97. The van der Waals surface area contributed by atoms with Crippen molar-refractivity contribution >= 4 is 28.3 Å². The maximum absolute atomic E-state index is 12.5. The highest BCUT2D eigenvalue weighted by atomic mass is 32.1. The minimum Gasteiger partial charge on any atom is -0.483 e. The fourth-order valence-electron chi connectivity index (χ4n) is 3.61. The van der Waals surface area contributed by atoms with E-state index in [1.165, 1.54) is 23.8 Å². The van der Waals surface area contributed by atoms with Gasteiger partial charge in [-0.15, -0.1) is 11.3 Å². The number of ether oxygens (including phenoxy) is 1. The molecule has 0 aliphatic carbocycles. The molecule has 6 nitrogen and oxygen atoms in total. The Morgan fingerprint density at radius 2 is 1.66 bits per heavy atom. The number of thiazole rings is 1. The maximum atomic E-state index is 12.5. The summed E-state index contributed by atoms with van der Waals surface area (Å²) in [6.07, 6.45) is 1.79. The highest BCUT2D eigenvalue weighted by Gasteiger charge is 2.11. The summed E-state index contributed by atoms with van der Waals surface area (Å²) in [7, 11) is 0. The number of nitrogens with zero attached hydrogens (tertiary/aromatic N) is 1. The summed E-state index contributed by atoms with van der Waals surface area (Å²) >= 11 is 1.38. The van der Waals surface area contributed by atoms with Crippen molar-refractivity contribution in [2.24, 2.45) is 0 Å². The summed E-state index contributed by atoms with van der Waals surface area (Å²) in [6, 6.07) is 25.8. The number of para-hydroxylation sites is 1. The van der Waals surface area contributed by atoms with Crippen LogP contribution >= 0.6 is 11.3 Å². The predicted molar refractivity (Wildman–Crippen MR) is 141 cm³/mol. The van der Waals surface area contributed by atoms with Crippen LogP contribution in [0.2, 0.25) is 0 Å². The molecule has 3 aromatic carbocycles. The third-order valence-corrected chi connectivity index (χ3v) is 6.10. The zero-order chi connectivity index (χ0) is 24.5. The number of carbonyl (C=O) groups excluding carboxylic acids is 2. The standard InChI is InChI=1S/C28H27N3O3S/c1-20(32)29-17-7-8-21-13-15-23(16-14-21)25-19-35-28(30-25)31-27(33)18-34-26-12-6-5-11-24(26)22-9-3-2-4-10-22/h2-6,9-16,19H,7-8,17-18H2,1H3,(H,29,32)(H,30,31,33). The van der Waals surface area contributed by atoms with Gasteiger partial charge in [0, 0.05) is 30.0 Å². The molecule has 178 valence electrons. The van der Waals surface area contributed by atoms with E-state index in [2.05, 4.69) is 27.8 Å². The van der Waals surface area contributed by atoms with Crippen LogP contribution in [0.5, 0.6) is 5.75 Å². The van der Waals surface area contributed by atoms with Gasteiger partial charge in [0.05, 0.1) is 5.69 Å². The van der Waals surface area contributed by atoms with E-state index in [0.29, 0.717) is 17.4 Å². The van der Waals surface area contributed by atoms with Gasteiger partial charge >= 0.3 is 0 Å². The quantitative estimate of drug-likeness (QED) is 0.288. The lowest BCUT2D eigenvalue weighted by Crippen LogP contribution is -2.21. The lowest BCUT2D eigenvalue weighted by molar-refractivity contribution is -0.119. The molecule has 0 aliphatic heterocycles. The molecule has 4 rings (SSSR count). The summed E-state index contributed by atoms with van der Waals surface area (Å²) in [6.45, 7) is 2.09. The highest BCUT2D eigenvalue weighted by Crippen LogP contribution is 2.30. The maximum Gasteiger partial charge on any atom is 0.264 e. The molecule has 1 heterocycles. The monoisotopic (exact) mass is 485 g/mol. The smallest absolute Gasteiger partial charge is 0.264 e. The van der Waals surface area contributed by atoms with Gasteiger partial charge in [0.2, 0.25) is 5.91 Å². The van der Waals surface area contributed by atoms with E-state index in [0.717, 1.165) is 35.2 Å². The number of benzene rings is 3. The highest BCUT2D eigenvalue weighted by molar-refractivity contribution is 7.14. The van der Waals surface area contributed by atoms with E-state index in [9.17, 15) is 9.59 Å². The molecule has 0 bridgehead atoms. The number of carbonyl (C=O) groups is 2. The van der Waals surface area contributed by atoms with Crippen molar-refractivity contribution in [3.05, 3.63) is 89.8 Å². The molecule has 0 radical (unpaired) electrons. The number of aromatic nitrogens is 1. The molecule has 0 unspecified atom stereocenters. The van der Waals surface area contributed by atoms with Gasteiger partial charge in [0.15, 0.2) is 11.7 Å². The van der Waals surface area contributed by atoms with Gasteiger partial charge in [-0.2, -0.15) is 0 Å². The molecule has 1 aromatic heterocycles. The van der Waals surface area contributed by atoms with Gasteiger partial charge in [-0.1, -0.05) is 72.8 Å². The van der Waals surface area contributed by atoms with Crippen LogP contribution in [0.3, 0.4) is 0 Å². The molecular weight excluding hydrogens is 458 g/mol. The Kier molecular flexibility index (Phi) is 8.25. The number of hydrogen-bond donors (Lipinski definition) is 2. The summed E-state index contributed by atoms with van der Waals surface area (Å²) in [4.78, 5) is 28.0.